The number of allylic oxidation sites excluding steroid dienone is 1. The van der Waals surface area contributed by atoms with Crippen LogP contribution in [-0.2, 0) is 0 Å². The zero-order valence-corrected chi connectivity index (χ0v) is 10.2. The predicted molar refractivity (Wildman–Crippen MR) is 67.4 cm³/mol. The van der Waals surface area contributed by atoms with Crippen molar-refractivity contribution in [3.8, 4) is 12.1 Å². The van der Waals surface area contributed by atoms with E-state index in [9.17, 15) is 20.2 Å². The Morgan fingerprint density at radius 3 is 2.30 bits per heavy atom. The lowest BCUT2D eigenvalue weighted by Gasteiger charge is -2.06. The summed E-state index contributed by atoms with van der Waals surface area (Å²) in [7, 11) is 0. The maximum Gasteiger partial charge on any atom is 0.281 e. The lowest BCUT2D eigenvalue weighted by molar-refractivity contribution is -0.394. The van der Waals surface area contributed by atoms with E-state index in [1.165, 1.54) is 6.92 Å². The second kappa shape index (κ2) is 5.93. The van der Waals surface area contributed by atoms with Crippen molar-refractivity contribution in [2.75, 3.05) is 5.32 Å². The number of nitro groups is 2. The maximum atomic E-state index is 10.8. The highest BCUT2D eigenvalue weighted by Gasteiger charge is 2.20. The Morgan fingerprint density at radius 1 is 1.25 bits per heavy atom. The van der Waals surface area contributed by atoms with E-state index in [1.54, 1.807) is 12.1 Å². The molecule has 0 fully saturated rings. The molecule has 1 N–H and O–H groups in total. The van der Waals surface area contributed by atoms with Gasteiger partial charge >= 0.3 is 0 Å². The number of anilines is 1. The summed E-state index contributed by atoms with van der Waals surface area (Å²) in [5.74, 6) is 0. The van der Waals surface area contributed by atoms with E-state index in [1.807, 2.05) is 0 Å². The van der Waals surface area contributed by atoms with Gasteiger partial charge in [0.15, 0.2) is 0 Å². The SMILES string of the molecule is Cc1c(NC=C(C#N)C#N)cc([N+](=O)[O-])cc1[N+](=O)[O-]. The van der Waals surface area contributed by atoms with Crippen molar-refractivity contribution in [2.45, 2.75) is 6.92 Å². The van der Waals surface area contributed by atoms with Crippen LogP contribution in [0.3, 0.4) is 0 Å². The molecule has 0 spiro atoms. The average molecular weight is 273 g/mol. The van der Waals surface area contributed by atoms with Crippen molar-refractivity contribution in [3.63, 3.8) is 0 Å². The number of rotatable bonds is 4. The minimum absolute atomic E-state index is 0.0777. The first kappa shape index (κ1) is 14.6. The third kappa shape index (κ3) is 3.05. The highest BCUT2D eigenvalue weighted by atomic mass is 16.6. The molecule has 1 aromatic rings. The van der Waals surface area contributed by atoms with Crippen LogP contribution in [0.5, 0.6) is 0 Å². The van der Waals surface area contributed by atoms with E-state index in [4.69, 9.17) is 10.5 Å². The van der Waals surface area contributed by atoms with Crippen LogP contribution in [0.2, 0.25) is 0 Å². The third-order valence-electron chi connectivity index (χ3n) is 2.39. The summed E-state index contributed by atoms with van der Waals surface area (Å²) >= 11 is 0. The molecular formula is C11H7N5O4. The lowest BCUT2D eigenvalue weighted by Crippen LogP contribution is -2.00. The van der Waals surface area contributed by atoms with E-state index in [0.717, 1.165) is 18.3 Å². The fourth-order valence-corrected chi connectivity index (χ4v) is 1.37. The maximum absolute atomic E-state index is 10.8. The lowest BCUT2D eigenvalue weighted by atomic mass is 10.1. The molecule has 100 valence electrons. The van der Waals surface area contributed by atoms with Crippen LogP contribution in [0, 0.1) is 49.8 Å². The van der Waals surface area contributed by atoms with E-state index in [0.29, 0.717) is 0 Å². The van der Waals surface area contributed by atoms with Gasteiger partial charge in [-0.15, -0.1) is 0 Å². The first-order chi connectivity index (χ1) is 9.40. The second-order valence-electron chi connectivity index (χ2n) is 3.58. The molecule has 0 aliphatic heterocycles. The van der Waals surface area contributed by atoms with Crippen molar-refractivity contribution < 1.29 is 9.85 Å². The van der Waals surface area contributed by atoms with Crippen molar-refractivity contribution in [1.29, 1.82) is 10.5 Å². The van der Waals surface area contributed by atoms with Crippen LogP contribution in [0.4, 0.5) is 17.1 Å². The predicted octanol–water partition coefficient (Wildman–Crippen LogP) is 2.15. The van der Waals surface area contributed by atoms with E-state index in [-0.39, 0.29) is 16.8 Å². The summed E-state index contributed by atoms with van der Waals surface area (Å²) in [6.07, 6.45) is 1.02. The van der Waals surface area contributed by atoms with Gasteiger partial charge in [-0.1, -0.05) is 0 Å². The molecule has 1 rings (SSSR count). The first-order valence-corrected chi connectivity index (χ1v) is 5.11. The van der Waals surface area contributed by atoms with Gasteiger partial charge < -0.3 is 5.32 Å². The molecule has 0 heterocycles. The largest absolute Gasteiger partial charge is 0.359 e. The van der Waals surface area contributed by atoms with Gasteiger partial charge in [-0.3, -0.25) is 20.2 Å². The number of non-ortho nitro benzene ring substituents is 1. The monoisotopic (exact) mass is 273 g/mol. The summed E-state index contributed by atoms with van der Waals surface area (Å²) in [5, 5.41) is 41.2. The van der Waals surface area contributed by atoms with Crippen LogP contribution in [-0.4, -0.2) is 9.85 Å². The van der Waals surface area contributed by atoms with Crippen molar-refractivity contribution in [1.82, 2.24) is 0 Å². The van der Waals surface area contributed by atoms with Crippen LogP contribution in [0.25, 0.3) is 0 Å². The fraction of sp³-hybridized carbons (Fsp3) is 0.0909. The minimum Gasteiger partial charge on any atom is -0.359 e. The Labute approximate surface area is 112 Å². The van der Waals surface area contributed by atoms with Crippen LogP contribution in [0.1, 0.15) is 5.56 Å². The number of nitro benzene ring substituents is 2. The molecule has 20 heavy (non-hydrogen) atoms. The molecule has 0 aliphatic rings. The first-order valence-electron chi connectivity index (χ1n) is 5.11. The standard InChI is InChI=1S/C11H7N5O4/c1-7-10(14-6-8(4-12)5-13)2-9(15(17)18)3-11(7)16(19)20/h2-3,6,14H,1H3. The Kier molecular flexibility index (Phi) is 4.33. The van der Waals surface area contributed by atoms with E-state index < -0.39 is 21.2 Å². The summed E-state index contributed by atoms with van der Waals surface area (Å²) in [4.78, 5) is 20.0. The number of nitrogens with zero attached hydrogens (tertiary/aromatic N) is 4. The van der Waals surface area contributed by atoms with Gasteiger partial charge in [0.2, 0.25) is 0 Å². The average Bonchev–Trinajstić information content (AvgIpc) is 2.40. The molecule has 9 heteroatoms. The van der Waals surface area contributed by atoms with Crippen LogP contribution >= 0.6 is 0 Å². The van der Waals surface area contributed by atoms with E-state index in [2.05, 4.69) is 5.32 Å². The van der Waals surface area contributed by atoms with E-state index >= 15 is 0 Å². The van der Waals surface area contributed by atoms with Crippen LogP contribution in [0.15, 0.2) is 23.9 Å². The zero-order chi connectivity index (χ0) is 15.3. The molecule has 0 bridgehead atoms. The fourth-order valence-electron chi connectivity index (χ4n) is 1.37. The molecule has 0 atom stereocenters. The van der Waals surface area contributed by atoms with Gasteiger partial charge in [0.05, 0.1) is 27.2 Å². The summed E-state index contributed by atoms with van der Waals surface area (Å²) in [5.41, 5.74) is -0.918. The highest BCUT2D eigenvalue weighted by molar-refractivity contribution is 5.67. The third-order valence-corrected chi connectivity index (χ3v) is 2.39. The Hall–Kier alpha value is -3.46. The molecule has 9 nitrogen and oxygen atoms in total. The van der Waals surface area contributed by atoms with Crippen molar-refractivity contribution in [3.05, 3.63) is 49.7 Å². The molecule has 0 amide bonds. The van der Waals surface area contributed by atoms with Crippen LogP contribution < -0.4 is 5.32 Å². The molecule has 0 aliphatic carbocycles. The van der Waals surface area contributed by atoms with Crippen molar-refractivity contribution >= 4 is 17.1 Å². The molecule has 1 aromatic carbocycles. The summed E-state index contributed by atoms with van der Waals surface area (Å²) in [6.45, 7) is 1.40. The molecule has 0 saturated carbocycles. The highest BCUT2D eigenvalue weighted by Crippen LogP contribution is 2.31. The Balaban J connectivity index is 3.36. The zero-order valence-electron chi connectivity index (χ0n) is 10.2. The van der Waals surface area contributed by atoms with Gasteiger partial charge in [-0.05, 0) is 6.92 Å². The van der Waals surface area contributed by atoms with Gasteiger partial charge in [-0.25, -0.2) is 0 Å². The van der Waals surface area contributed by atoms with Gasteiger partial charge in [0.1, 0.15) is 17.7 Å². The number of nitriles is 2. The van der Waals surface area contributed by atoms with Crippen molar-refractivity contribution in [2.24, 2.45) is 0 Å². The van der Waals surface area contributed by atoms with Gasteiger partial charge in [-0.2, -0.15) is 10.5 Å². The minimum atomic E-state index is -0.767. The Bertz CT molecular complexity index is 680. The number of hydrogen-bond donors (Lipinski definition) is 1. The van der Waals surface area contributed by atoms with Gasteiger partial charge in [0.25, 0.3) is 11.4 Å². The molecule has 0 unspecified atom stereocenters. The Morgan fingerprint density at radius 2 is 1.85 bits per heavy atom. The summed E-state index contributed by atoms with van der Waals surface area (Å²) in [6, 6.07) is 5.11. The number of nitrogens with one attached hydrogen (secondary N) is 1. The molecule has 0 radical (unpaired) electrons. The quantitative estimate of drug-likeness (QED) is 0.502. The van der Waals surface area contributed by atoms with Gasteiger partial charge in [0, 0.05) is 12.3 Å². The molecule has 0 saturated heterocycles. The summed E-state index contributed by atoms with van der Waals surface area (Å²) < 4.78 is 0. The number of hydrogen-bond acceptors (Lipinski definition) is 7. The topological polar surface area (TPSA) is 146 Å². The smallest absolute Gasteiger partial charge is 0.281 e. The molecular weight excluding hydrogens is 266 g/mol. The normalized spacial score (nSPS) is 8.95. The molecule has 0 aromatic heterocycles. The number of benzene rings is 1. The second-order valence-corrected chi connectivity index (χ2v) is 3.58.